The molecule has 0 N–H and O–H groups in total. The summed E-state index contributed by atoms with van der Waals surface area (Å²) in [4.78, 5) is 4.97. The maximum absolute atomic E-state index is 4.94. The number of piperazine rings is 1. The monoisotopic (exact) mass is 290 g/mol. The van der Waals surface area contributed by atoms with Gasteiger partial charge in [0, 0.05) is 50.9 Å². The smallest absolute Gasteiger partial charge is 0.124 e. The van der Waals surface area contributed by atoms with E-state index in [-0.39, 0.29) is 0 Å². The summed E-state index contributed by atoms with van der Waals surface area (Å²) in [6, 6.07) is 4.45. The summed E-state index contributed by atoms with van der Waals surface area (Å²) in [5, 5.41) is 8.04. The van der Waals surface area contributed by atoms with Crippen LogP contribution in [0.15, 0.2) is 33.7 Å². The lowest BCUT2D eigenvalue weighted by Gasteiger charge is -2.41. The highest BCUT2D eigenvalue weighted by atomic mass is 16.5. The summed E-state index contributed by atoms with van der Waals surface area (Å²) in [6.45, 7) is 7.15. The van der Waals surface area contributed by atoms with Gasteiger partial charge in [0.2, 0.25) is 0 Å². The van der Waals surface area contributed by atoms with Crippen molar-refractivity contribution in [3.63, 3.8) is 0 Å². The zero-order valence-corrected chi connectivity index (χ0v) is 12.4. The fraction of sp³-hybridized carbons (Fsp3) is 0.600. The highest BCUT2D eigenvalue weighted by Gasteiger charge is 2.27. The molecule has 6 nitrogen and oxygen atoms in total. The lowest BCUT2D eigenvalue weighted by atomic mass is 10.1. The molecule has 0 unspecified atom stereocenters. The van der Waals surface area contributed by atoms with E-state index < -0.39 is 0 Å². The molecule has 1 fully saturated rings. The van der Waals surface area contributed by atoms with Crippen LogP contribution in [-0.2, 0) is 13.1 Å². The number of nitrogens with zero attached hydrogens (tertiary/aromatic N) is 4. The largest absolute Gasteiger partial charge is 0.364 e. The number of rotatable bonds is 6. The number of aromatic nitrogens is 2. The van der Waals surface area contributed by atoms with E-state index in [0.29, 0.717) is 6.04 Å². The van der Waals surface area contributed by atoms with Gasteiger partial charge in [-0.05, 0) is 6.42 Å². The first-order valence-electron chi connectivity index (χ1n) is 7.60. The van der Waals surface area contributed by atoms with Gasteiger partial charge >= 0.3 is 0 Å². The van der Waals surface area contributed by atoms with Crippen molar-refractivity contribution in [3.05, 3.63) is 36.0 Å². The van der Waals surface area contributed by atoms with Crippen molar-refractivity contribution in [2.75, 3.05) is 19.6 Å². The van der Waals surface area contributed by atoms with Gasteiger partial charge in [0.1, 0.15) is 12.5 Å². The Labute approximate surface area is 124 Å². The highest BCUT2D eigenvalue weighted by molar-refractivity contribution is 4.99. The van der Waals surface area contributed by atoms with Gasteiger partial charge in [-0.2, -0.15) is 0 Å². The summed E-state index contributed by atoms with van der Waals surface area (Å²) in [5.41, 5.74) is 2.02. The van der Waals surface area contributed by atoms with E-state index in [2.05, 4.69) is 27.0 Å². The van der Waals surface area contributed by atoms with Gasteiger partial charge in [-0.1, -0.05) is 23.7 Å². The summed E-state index contributed by atoms with van der Waals surface area (Å²) in [7, 11) is 0. The van der Waals surface area contributed by atoms with Crippen LogP contribution in [0.5, 0.6) is 0 Å². The Hall–Kier alpha value is -1.66. The first-order chi connectivity index (χ1) is 10.3. The fourth-order valence-electron chi connectivity index (χ4n) is 2.99. The summed E-state index contributed by atoms with van der Waals surface area (Å²) in [6.07, 6.45) is 5.68. The molecule has 0 aromatic carbocycles. The van der Waals surface area contributed by atoms with E-state index in [9.17, 15) is 0 Å². The lowest BCUT2D eigenvalue weighted by Crippen LogP contribution is -2.52. The van der Waals surface area contributed by atoms with Crippen molar-refractivity contribution in [2.45, 2.75) is 38.9 Å². The Morgan fingerprint density at radius 1 is 1.10 bits per heavy atom. The van der Waals surface area contributed by atoms with Crippen LogP contribution in [0.2, 0.25) is 0 Å². The van der Waals surface area contributed by atoms with Crippen LogP contribution in [0.25, 0.3) is 0 Å². The van der Waals surface area contributed by atoms with Crippen LogP contribution < -0.4 is 0 Å². The molecule has 21 heavy (non-hydrogen) atoms. The molecule has 3 rings (SSSR count). The molecule has 6 heteroatoms. The summed E-state index contributed by atoms with van der Waals surface area (Å²) in [5.74, 6) is 0. The van der Waals surface area contributed by atoms with Crippen LogP contribution in [0.1, 0.15) is 31.2 Å². The summed E-state index contributed by atoms with van der Waals surface area (Å²) >= 11 is 0. The normalized spacial score (nSPS) is 20.9. The maximum atomic E-state index is 4.94. The van der Waals surface area contributed by atoms with Crippen molar-refractivity contribution in [1.82, 2.24) is 20.1 Å². The number of hydrogen-bond donors (Lipinski definition) is 0. The van der Waals surface area contributed by atoms with Crippen LogP contribution in [0.3, 0.4) is 0 Å². The molecule has 1 saturated heterocycles. The molecule has 1 atom stereocenters. The van der Waals surface area contributed by atoms with Crippen LogP contribution in [0, 0.1) is 0 Å². The standard InChI is InChI=1S/C15H22N4O2/c1-2-3-15-12-18(10-13-4-8-20-16-13)6-7-19(15)11-14-5-9-21-17-14/h4-5,8-9,15H,2-3,6-7,10-12H2,1H3/t15-/m0/s1. The van der Waals surface area contributed by atoms with Gasteiger partial charge in [0.05, 0.1) is 11.4 Å². The zero-order valence-electron chi connectivity index (χ0n) is 12.4. The Kier molecular flexibility index (Phi) is 4.67. The molecule has 2 aromatic rings. The third-order valence-electron chi connectivity index (χ3n) is 4.04. The van der Waals surface area contributed by atoms with E-state index in [1.54, 1.807) is 12.5 Å². The molecule has 1 aliphatic heterocycles. The molecule has 0 amide bonds. The van der Waals surface area contributed by atoms with Crippen LogP contribution >= 0.6 is 0 Å². The van der Waals surface area contributed by atoms with Crippen LogP contribution in [0.4, 0.5) is 0 Å². The number of hydrogen-bond acceptors (Lipinski definition) is 6. The zero-order chi connectivity index (χ0) is 14.5. The molecular weight excluding hydrogens is 268 g/mol. The van der Waals surface area contributed by atoms with Crippen molar-refractivity contribution in [1.29, 1.82) is 0 Å². The molecule has 0 bridgehead atoms. The SMILES string of the molecule is CCC[C@H]1CN(Cc2ccon2)CCN1Cc1ccon1. The highest BCUT2D eigenvalue weighted by Crippen LogP contribution is 2.18. The lowest BCUT2D eigenvalue weighted by molar-refractivity contribution is 0.0564. The molecular formula is C15H22N4O2. The molecule has 114 valence electrons. The average Bonchev–Trinajstić information content (AvgIpc) is 3.15. The molecule has 0 aliphatic carbocycles. The minimum absolute atomic E-state index is 0.562. The summed E-state index contributed by atoms with van der Waals surface area (Å²) < 4.78 is 9.85. The van der Waals surface area contributed by atoms with E-state index in [1.165, 1.54) is 12.8 Å². The van der Waals surface area contributed by atoms with Crippen molar-refractivity contribution >= 4 is 0 Å². The third-order valence-corrected chi connectivity index (χ3v) is 4.04. The minimum Gasteiger partial charge on any atom is -0.364 e. The Balaban J connectivity index is 1.59. The van der Waals surface area contributed by atoms with E-state index in [0.717, 1.165) is 44.1 Å². The first kappa shape index (κ1) is 14.3. The average molecular weight is 290 g/mol. The van der Waals surface area contributed by atoms with Crippen LogP contribution in [-0.4, -0.2) is 45.8 Å². The van der Waals surface area contributed by atoms with E-state index in [1.807, 2.05) is 12.1 Å². The van der Waals surface area contributed by atoms with Crippen molar-refractivity contribution in [2.24, 2.45) is 0 Å². The minimum atomic E-state index is 0.562. The van der Waals surface area contributed by atoms with Gasteiger partial charge in [-0.3, -0.25) is 9.80 Å². The quantitative estimate of drug-likeness (QED) is 0.812. The molecule has 0 radical (unpaired) electrons. The molecule has 0 saturated carbocycles. The van der Waals surface area contributed by atoms with Gasteiger partial charge in [0.15, 0.2) is 0 Å². The van der Waals surface area contributed by atoms with Gasteiger partial charge in [-0.15, -0.1) is 0 Å². The van der Waals surface area contributed by atoms with Gasteiger partial charge < -0.3 is 9.05 Å². The van der Waals surface area contributed by atoms with E-state index >= 15 is 0 Å². The third kappa shape index (κ3) is 3.71. The molecule has 2 aromatic heterocycles. The second kappa shape index (κ2) is 6.87. The van der Waals surface area contributed by atoms with Crippen molar-refractivity contribution in [3.8, 4) is 0 Å². The predicted molar refractivity (Wildman–Crippen MR) is 77.4 cm³/mol. The van der Waals surface area contributed by atoms with Gasteiger partial charge in [-0.25, -0.2) is 0 Å². The van der Waals surface area contributed by atoms with E-state index in [4.69, 9.17) is 9.05 Å². The second-order valence-electron chi connectivity index (χ2n) is 5.63. The Bertz CT molecular complexity index is 512. The fourth-order valence-corrected chi connectivity index (χ4v) is 2.99. The van der Waals surface area contributed by atoms with Gasteiger partial charge in [0.25, 0.3) is 0 Å². The molecule has 3 heterocycles. The molecule has 0 spiro atoms. The second-order valence-corrected chi connectivity index (χ2v) is 5.63. The topological polar surface area (TPSA) is 58.5 Å². The predicted octanol–water partition coefficient (Wildman–Crippen LogP) is 2.15. The van der Waals surface area contributed by atoms with Crippen molar-refractivity contribution < 1.29 is 9.05 Å². The Morgan fingerprint density at radius 2 is 1.81 bits per heavy atom. The first-order valence-corrected chi connectivity index (χ1v) is 7.60. The Morgan fingerprint density at radius 3 is 2.43 bits per heavy atom. The molecule has 1 aliphatic rings. The maximum Gasteiger partial charge on any atom is 0.124 e.